The number of ether oxygens (including phenoxy) is 2. The zero-order valence-corrected chi connectivity index (χ0v) is 12.4. The maximum absolute atomic E-state index is 5.67. The van der Waals surface area contributed by atoms with Crippen LogP contribution in [0.15, 0.2) is 30.8 Å². The molecule has 1 aliphatic carbocycles. The Balaban J connectivity index is 1.53. The van der Waals surface area contributed by atoms with E-state index in [4.69, 9.17) is 9.47 Å². The Kier molecular flexibility index (Phi) is 6.65. The van der Waals surface area contributed by atoms with Crippen molar-refractivity contribution >= 4 is 6.08 Å². The average Bonchev–Trinajstić information content (AvgIpc) is 2.52. The molecule has 0 unspecified atom stereocenters. The second kappa shape index (κ2) is 8.80. The molecular formula is C18H26O2. The van der Waals surface area contributed by atoms with Crippen molar-refractivity contribution in [3.05, 3.63) is 36.4 Å². The highest BCUT2D eigenvalue weighted by Gasteiger charge is 2.12. The van der Waals surface area contributed by atoms with Crippen LogP contribution in [0.2, 0.25) is 0 Å². The van der Waals surface area contributed by atoms with Crippen LogP contribution in [-0.2, 0) is 4.74 Å². The van der Waals surface area contributed by atoms with Crippen molar-refractivity contribution < 1.29 is 9.47 Å². The molecule has 20 heavy (non-hydrogen) atoms. The molecule has 1 fully saturated rings. The third-order valence-electron chi connectivity index (χ3n) is 3.99. The molecule has 0 atom stereocenters. The smallest absolute Gasteiger partial charge is 0.120 e. The Morgan fingerprint density at radius 3 is 2.75 bits per heavy atom. The van der Waals surface area contributed by atoms with E-state index in [0.717, 1.165) is 23.8 Å². The minimum Gasteiger partial charge on any atom is -0.491 e. The Labute approximate surface area is 122 Å². The van der Waals surface area contributed by atoms with Crippen LogP contribution in [0.4, 0.5) is 0 Å². The summed E-state index contributed by atoms with van der Waals surface area (Å²) in [5.41, 5.74) is 1.08. The molecule has 2 rings (SSSR count). The minimum absolute atomic E-state index is 0.616. The highest BCUT2D eigenvalue weighted by molar-refractivity contribution is 5.49. The lowest BCUT2D eigenvalue weighted by Gasteiger charge is -2.21. The summed E-state index contributed by atoms with van der Waals surface area (Å²) in [5, 5.41) is 0. The van der Waals surface area contributed by atoms with Crippen molar-refractivity contribution in [3.8, 4) is 5.75 Å². The predicted octanol–water partition coefficient (Wildman–Crippen LogP) is 4.70. The van der Waals surface area contributed by atoms with Gasteiger partial charge in [0.15, 0.2) is 0 Å². The number of benzene rings is 1. The van der Waals surface area contributed by atoms with Gasteiger partial charge in [0.05, 0.1) is 6.61 Å². The minimum atomic E-state index is 0.616. The van der Waals surface area contributed by atoms with E-state index in [9.17, 15) is 0 Å². The summed E-state index contributed by atoms with van der Waals surface area (Å²) in [5.74, 6) is 1.78. The molecule has 1 aromatic carbocycles. The van der Waals surface area contributed by atoms with E-state index < -0.39 is 0 Å². The standard InChI is InChI=1S/C18H26O2/c1-2-16-9-6-10-18(15-16)20-14-13-19-12-11-17-7-4-3-5-8-17/h2,6,9-10,15,17H,1,3-5,7-8,11-14H2. The maximum atomic E-state index is 5.67. The van der Waals surface area contributed by atoms with E-state index in [1.54, 1.807) is 0 Å². The van der Waals surface area contributed by atoms with Gasteiger partial charge in [-0.2, -0.15) is 0 Å². The fraction of sp³-hybridized carbons (Fsp3) is 0.556. The molecule has 0 amide bonds. The molecule has 1 aromatic rings. The first-order valence-corrected chi connectivity index (χ1v) is 7.81. The first-order valence-electron chi connectivity index (χ1n) is 7.81. The van der Waals surface area contributed by atoms with Crippen LogP contribution in [0.1, 0.15) is 44.1 Å². The molecule has 1 saturated carbocycles. The van der Waals surface area contributed by atoms with Crippen molar-refractivity contribution in [2.75, 3.05) is 19.8 Å². The molecule has 0 bridgehead atoms. The Bertz CT molecular complexity index is 394. The van der Waals surface area contributed by atoms with Gasteiger partial charge in [-0.3, -0.25) is 0 Å². The van der Waals surface area contributed by atoms with E-state index in [2.05, 4.69) is 6.58 Å². The number of rotatable bonds is 8. The molecule has 110 valence electrons. The molecule has 2 nitrogen and oxygen atoms in total. The second-order valence-electron chi connectivity index (χ2n) is 5.53. The van der Waals surface area contributed by atoms with Gasteiger partial charge in [0.25, 0.3) is 0 Å². The van der Waals surface area contributed by atoms with Crippen molar-refractivity contribution in [1.29, 1.82) is 0 Å². The summed E-state index contributed by atoms with van der Waals surface area (Å²) in [7, 11) is 0. The summed E-state index contributed by atoms with van der Waals surface area (Å²) in [6.07, 6.45) is 10.1. The maximum Gasteiger partial charge on any atom is 0.120 e. The van der Waals surface area contributed by atoms with E-state index >= 15 is 0 Å². The van der Waals surface area contributed by atoms with Crippen LogP contribution in [0.25, 0.3) is 6.08 Å². The topological polar surface area (TPSA) is 18.5 Å². The van der Waals surface area contributed by atoms with Gasteiger partial charge in [0.1, 0.15) is 12.4 Å². The second-order valence-corrected chi connectivity index (χ2v) is 5.53. The van der Waals surface area contributed by atoms with Crippen molar-refractivity contribution in [2.45, 2.75) is 38.5 Å². The summed E-state index contributed by atoms with van der Waals surface area (Å²) >= 11 is 0. The van der Waals surface area contributed by atoms with E-state index in [-0.39, 0.29) is 0 Å². The SMILES string of the molecule is C=Cc1cccc(OCCOCCC2CCCCC2)c1. The molecule has 0 aliphatic heterocycles. The third kappa shape index (κ3) is 5.38. The van der Waals surface area contributed by atoms with Gasteiger partial charge in [-0.15, -0.1) is 0 Å². The lowest BCUT2D eigenvalue weighted by Crippen LogP contribution is -2.12. The van der Waals surface area contributed by atoms with Gasteiger partial charge in [0.2, 0.25) is 0 Å². The molecule has 0 heterocycles. The molecular weight excluding hydrogens is 248 g/mol. The number of hydrogen-bond donors (Lipinski definition) is 0. The van der Waals surface area contributed by atoms with Gasteiger partial charge in [-0.05, 0) is 30.0 Å². The monoisotopic (exact) mass is 274 g/mol. The van der Waals surface area contributed by atoms with Crippen LogP contribution in [-0.4, -0.2) is 19.8 Å². The molecule has 0 N–H and O–H groups in total. The van der Waals surface area contributed by atoms with E-state index in [1.165, 1.54) is 38.5 Å². The van der Waals surface area contributed by atoms with Gasteiger partial charge in [-0.25, -0.2) is 0 Å². The molecule has 0 radical (unpaired) electrons. The van der Waals surface area contributed by atoms with Crippen molar-refractivity contribution in [2.24, 2.45) is 5.92 Å². The van der Waals surface area contributed by atoms with Crippen LogP contribution in [0.5, 0.6) is 5.75 Å². The first kappa shape index (κ1) is 15.1. The predicted molar refractivity (Wildman–Crippen MR) is 84.0 cm³/mol. The van der Waals surface area contributed by atoms with Crippen LogP contribution in [0.3, 0.4) is 0 Å². The fourth-order valence-electron chi connectivity index (χ4n) is 2.78. The lowest BCUT2D eigenvalue weighted by atomic mass is 9.87. The zero-order valence-electron chi connectivity index (χ0n) is 12.4. The average molecular weight is 274 g/mol. The molecule has 0 aromatic heterocycles. The molecule has 0 spiro atoms. The molecule has 1 aliphatic rings. The van der Waals surface area contributed by atoms with Gasteiger partial charge in [-0.1, -0.05) is 56.9 Å². The van der Waals surface area contributed by atoms with Crippen LogP contribution in [0, 0.1) is 5.92 Å². The first-order chi connectivity index (χ1) is 9.88. The summed E-state index contributed by atoms with van der Waals surface area (Å²) in [6, 6.07) is 7.96. The summed E-state index contributed by atoms with van der Waals surface area (Å²) in [4.78, 5) is 0. The van der Waals surface area contributed by atoms with E-state index in [1.807, 2.05) is 30.3 Å². The van der Waals surface area contributed by atoms with Crippen LogP contribution >= 0.6 is 0 Å². The van der Waals surface area contributed by atoms with Gasteiger partial charge >= 0.3 is 0 Å². The lowest BCUT2D eigenvalue weighted by molar-refractivity contribution is 0.0861. The quantitative estimate of drug-likeness (QED) is 0.640. The molecule has 0 saturated heterocycles. The van der Waals surface area contributed by atoms with Crippen LogP contribution < -0.4 is 4.74 Å². The van der Waals surface area contributed by atoms with Crippen molar-refractivity contribution in [1.82, 2.24) is 0 Å². The Morgan fingerprint density at radius 2 is 1.95 bits per heavy atom. The Morgan fingerprint density at radius 1 is 1.10 bits per heavy atom. The highest BCUT2D eigenvalue weighted by Crippen LogP contribution is 2.26. The zero-order chi connectivity index (χ0) is 14.0. The van der Waals surface area contributed by atoms with E-state index in [0.29, 0.717) is 13.2 Å². The third-order valence-corrected chi connectivity index (χ3v) is 3.99. The number of hydrogen-bond acceptors (Lipinski definition) is 2. The summed E-state index contributed by atoms with van der Waals surface area (Å²) < 4.78 is 11.3. The van der Waals surface area contributed by atoms with Crippen molar-refractivity contribution in [3.63, 3.8) is 0 Å². The van der Waals surface area contributed by atoms with Gasteiger partial charge in [0, 0.05) is 6.61 Å². The normalized spacial score (nSPS) is 16.0. The Hall–Kier alpha value is -1.28. The highest BCUT2D eigenvalue weighted by atomic mass is 16.5. The fourth-order valence-corrected chi connectivity index (χ4v) is 2.78. The molecule has 2 heteroatoms. The van der Waals surface area contributed by atoms with Gasteiger partial charge < -0.3 is 9.47 Å². The largest absolute Gasteiger partial charge is 0.491 e. The summed E-state index contributed by atoms with van der Waals surface area (Å²) in [6.45, 7) is 5.92.